The lowest BCUT2D eigenvalue weighted by Gasteiger charge is -2.36. The van der Waals surface area contributed by atoms with Gasteiger partial charge >= 0.3 is 0 Å². The summed E-state index contributed by atoms with van der Waals surface area (Å²) in [6.07, 6.45) is 0. The molecular weight excluding hydrogens is 422 g/mol. The number of piperazine rings is 1. The molecule has 1 aliphatic heterocycles. The van der Waals surface area contributed by atoms with Crippen LogP contribution in [0.3, 0.4) is 0 Å². The molecule has 1 aliphatic rings. The van der Waals surface area contributed by atoms with Gasteiger partial charge < -0.3 is 15.1 Å². The summed E-state index contributed by atoms with van der Waals surface area (Å²) in [5.74, 6) is -0.0112. The second-order valence-electron chi connectivity index (χ2n) is 9.92. The second kappa shape index (κ2) is 9.72. The molecule has 0 bridgehead atoms. The highest BCUT2D eigenvalue weighted by molar-refractivity contribution is 6.04. The summed E-state index contributed by atoms with van der Waals surface area (Å²) in [5.41, 5.74) is 5.56. The van der Waals surface area contributed by atoms with Gasteiger partial charge in [-0.25, -0.2) is 0 Å². The Balaban J connectivity index is 1.33. The van der Waals surface area contributed by atoms with E-state index >= 15 is 0 Å². The van der Waals surface area contributed by atoms with E-state index in [1.54, 1.807) is 0 Å². The number of aryl methyl sites for hydroxylation is 1. The van der Waals surface area contributed by atoms with Gasteiger partial charge in [-0.05, 0) is 65.9 Å². The van der Waals surface area contributed by atoms with E-state index in [0.29, 0.717) is 18.7 Å². The molecule has 0 aliphatic carbocycles. The Bertz CT molecular complexity index is 1150. The highest BCUT2D eigenvalue weighted by Crippen LogP contribution is 2.24. The monoisotopic (exact) mass is 455 g/mol. The molecule has 0 aromatic heterocycles. The number of nitrogens with one attached hydrogen (secondary N) is 1. The van der Waals surface area contributed by atoms with Gasteiger partial charge in [0.2, 0.25) is 0 Å². The normalized spacial score (nSPS) is 14.1. The van der Waals surface area contributed by atoms with Crippen LogP contribution < -0.4 is 10.2 Å². The minimum Gasteiger partial charge on any atom is -0.368 e. The van der Waals surface area contributed by atoms with Gasteiger partial charge in [0.1, 0.15) is 0 Å². The van der Waals surface area contributed by atoms with Crippen LogP contribution in [0.15, 0.2) is 72.8 Å². The molecule has 0 atom stereocenters. The molecule has 1 fully saturated rings. The summed E-state index contributed by atoms with van der Waals surface area (Å²) < 4.78 is 0. The van der Waals surface area contributed by atoms with Crippen molar-refractivity contribution in [3.8, 4) is 0 Å². The lowest BCUT2D eigenvalue weighted by Crippen LogP contribution is -2.48. The maximum absolute atomic E-state index is 12.9. The number of nitrogens with zero attached hydrogens (tertiary/aromatic N) is 2. The predicted molar refractivity (Wildman–Crippen MR) is 139 cm³/mol. The van der Waals surface area contributed by atoms with Crippen molar-refractivity contribution in [3.63, 3.8) is 0 Å². The number of hydrogen-bond donors (Lipinski definition) is 1. The van der Waals surface area contributed by atoms with Gasteiger partial charge in [-0.3, -0.25) is 9.59 Å². The highest BCUT2D eigenvalue weighted by Gasteiger charge is 2.23. The minimum absolute atomic E-state index is 0.0596. The molecule has 1 N–H and O–H groups in total. The Morgan fingerprint density at radius 1 is 0.794 bits per heavy atom. The van der Waals surface area contributed by atoms with E-state index < -0.39 is 0 Å². The largest absolute Gasteiger partial charge is 0.368 e. The number of benzene rings is 3. The Morgan fingerprint density at radius 3 is 2.00 bits per heavy atom. The smallest absolute Gasteiger partial charge is 0.255 e. The van der Waals surface area contributed by atoms with Crippen molar-refractivity contribution >= 4 is 23.2 Å². The van der Waals surface area contributed by atoms with E-state index in [1.165, 1.54) is 5.56 Å². The standard InChI is InChI=1S/C29H33N3O2/c1-21-7-5-6-8-26(21)28(34)32-19-17-31(18-20-32)25-15-13-24(14-16-25)30-27(33)22-9-11-23(12-10-22)29(2,3)4/h5-16H,17-20H2,1-4H3,(H,30,33). The lowest BCUT2D eigenvalue weighted by molar-refractivity contribution is 0.0746. The predicted octanol–water partition coefficient (Wildman–Crippen LogP) is 5.51. The third kappa shape index (κ3) is 5.30. The van der Waals surface area contributed by atoms with E-state index in [2.05, 4.69) is 31.0 Å². The van der Waals surface area contributed by atoms with Crippen LogP contribution in [0.2, 0.25) is 0 Å². The first-order valence-corrected chi connectivity index (χ1v) is 11.8. The van der Waals surface area contributed by atoms with Crippen molar-refractivity contribution in [3.05, 3.63) is 95.1 Å². The molecule has 0 radical (unpaired) electrons. The van der Waals surface area contributed by atoms with Gasteiger partial charge in [-0.15, -0.1) is 0 Å². The van der Waals surface area contributed by atoms with Crippen LogP contribution in [0.1, 0.15) is 52.6 Å². The average molecular weight is 456 g/mol. The molecular formula is C29H33N3O2. The maximum Gasteiger partial charge on any atom is 0.255 e. The molecule has 1 saturated heterocycles. The third-order valence-corrected chi connectivity index (χ3v) is 6.45. The first kappa shape index (κ1) is 23.6. The van der Waals surface area contributed by atoms with Crippen LogP contribution in [0, 0.1) is 6.92 Å². The van der Waals surface area contributed by atoms with E-state index in [-0.39, 0.29) is 17.2 Å². The van der Waals surface area contributed by atoms with Gasteiger partial charge in [0, 0.05) is 48.7 Å². The molecule has 2 amide bonds. The van der Waals surface area contributed by atoms with E-state index in [0.717, 1.165) is 35.6 Å². The number of amides is 2. The summed E-state index contributed by atoms with van der Waals surface area (Å²) in [6, 6.07) is 23.4. The van der Waals surface area contributed by atoms with Crippen molar-refractivity contribution in [1.29, 1.82) is 0 Å². The number of hydrogen-bond acceptors (Lipinski definition) is 3. The first-order chi connectivity index (χ1) is 16.2. The summed E-state index contributed by atoms with van der Waals surface area (Å²) >= 11 is 0. The molecule has 0 saturated carbocycles. The topological polar surface area (TPSA) is 52.7 Å². The zero-order chi connectivity index (χ0) is 24.3. The molecule has 4 rings (SSSR count). The number of rotatable bonds is 4. The number of carbonyl (C=O) groups excluding carboxylic acids is 2. The van der Waals surface area contributed by atoms with Crippen LogP contribution in [-0.2, 0) is 5.41 Å². The van der Waals surface area contributed by atoms with Crippen LogP contribution in [0.4, 0.5) is 11.4 Å². The number of carbonyl (C=O) groups is 2. The molecule has 176 valence electrons. The van der Waals surface area contributed by atoms with Crippen molar-refractivity contribution in [2.24, 2.45) is 0 Å². The molecule has 5 heteroatoms. The zero-order valence-corrected chi connectivity index (χ0v) is 20.5. The van der Waals surface area contributed by atoms with E-state index in [1.807, 2.05) is 84.6 Å². The van der Waals surface area contributed by atoms with Crippen molar-refractivity contribution in [1.82, 2.24) is 4.90 Å². The fourth-order valence-electron chi connectivity index (χ4n) is 4.23. The van der Waals surface area contributed by atoms with Gasteiger partial charge in [-0.1, -0.05) is 51.1 Å². The molecule has 34 heavy (non-hydrogen) atoms. The summed E-state index contributed by atoms with van der Waals surface area (Å²) in [5, 5.41) is 2.98. The van der Waals surface area contributed by atoms with Crippen LogP contribution in [0.5, 0.6) is 0 Å². The molecule has 0 unspecified atom stereocenters. The van der Waals surface area contributed by atoms with Gasteiger partial charge in [0.05, 0.1) is 0 Å². The molecule has 1 heterocycles. The van der Waals surface area contributed by atoms with Crippen LogP contribution in [0.25, 0.3) is 0 Å². The Kier molecular flexibility index (Phi) is 6.73. The maximum atomic E-state index is 12.9. The second-order valence-corrected chi connectivity index (χ2v) is 9.92. The van der Waals surface area contributed by atoms with Gasteiger partial charge in [0.25, 0.3) is 11.8 Å². The van der Waals surface area contributed by atoms with Gasteiger partial charge in [0.15, 0.2) is 0 Å². The van der Waals surface area contributed by atoms with E-state index in [9.17, 15) is 9.59 Å². The van der Waals surface area contributed by atoms with Crippen LogP contribution in [-0.4, -0.2) is 42.9 Å². The van der Waals surface area contributed by atoms with Crippen molar-refractivity contribution in [2.45, 2.75) is 33.1 Å². The quantitative estimate of drug-likeness (QED) is 0.565. The zero-order valence-electron chi connectivity index (χ0n) is 20.5. The Morgan fingerprint density at radius 2 is 1.41 bits per heavy atom. The summed E-state index contributed by atoms with van der Waals surface area (Å²) in [4.78, 5) is 29.7. The fourth-order valence-corrected chi connectivity index (χ4v) is 4.23. The fraction of sp³-hybridized carbons (Fsp3) is 0.310. The van der Waals surface area contributed by atoms with Gasteiger partial charge in [-0.2, -0.15) is 0 Å². The Hall–Kier alpha value is -3.60. The molecule has 3 aromatic rings. The molecule has 0 spiro atoms. The average Bonchev–Trinajstić information content (AvgIpc) is 2.84. The Labute approximate surface area is 202 Å². The molecule has 5 nitrogen and oxygen atoms in total. The first-order valence-electron chi connectivity index (χ1n) is 11.8. The third-order valence-electron chi connectivity index (χ3n) is 6.45. The van der Waals surface area contributed by atoms with Crippen LogP contribution >= 0.6 is 0 Å². The summed E-state index contributed by atoms with van der Waals surface area (Å²) in [7, 11) is 0. The molecule has 3 aromatic carbocycles. The van der Waals surface area contributed by atoms with E-state index in [4.69, 9.17) is 0 Å². The SMILES string of the molecule is Cc1ccccc1C(=O)N1CCN(c2ccc(NC(=O)c3ccc(C(C)(C)C)cc3)cc2)CC1. The highest BCUT2D eigenvalue weighted by atomic mass is 16.2. The lowest BCUT2D eigenvalue weighted by atomic mass is 9.87. The minimum atomic E-state index is -0.114. The van der Waals surface area contributed by atoms with Crippen molar-refractivity contribution < 1.29 is 9.59 Å². The number of anilines is 2. The van der Waals surface area contributed by atoms with Crippen molar-refractivity contribution in [2.75, 3.05) is 36.4 Å². The summed E-state index contributed by atoms with van der Waals surface area (Å²) in [6.45, 7) is 11.4.